The molecule has 1 N–H and O–H groups in total. The van der Waals surface area contributed by atoms with E-state index >= 15 is 0 Å². The molecule has 0 saturated heterocycles. The van der Waals surface area contributed by atoms with E-state index in [2.05, 4.69) is 10.3 Å². The van der Waals surface area contributed by atoms with Crippen molar-refractivity contribution < 1.29 is 18.1 Å². The number of hydrogen-bond acceptors (Lipinski definition) is 5. The number of anilines is 1. The minimum absolute atomic E-state index is 0.0426. The number of halogens is 3. The van der Waals surface area contributed by atoms with Crippen molar-refractivity contribution in [2.24, 2.45) is 0 Å². The zero-order valence-electron chi connectivity index (χ0n) is 10.6. The van der Waals surface area contributed by atoms with E-state index in [9.17, 15) is 23.3 Å². The number of alkyl halides is 3. The third kappa shape index (κ3) is 3.97. The number of fused-ring (bicyclic) bond motifs is 1. The molecule has 1 aromatic heterocycles. The summed E-state index contributed by atoms with van der Waals surface area (Å²) in [6.45, 7) is -0.0426. The lowest BCUT2D eigenvalue weighted by Crippen LogP contribution is -2.11. The van der Waals surface area contributed by atoms with Crippen molar-refractivity contribution in [1.82, 2.24) is 4.98 Å². The predicted octanol–water partition coefficient (Wildman–Crippen LogP) is 3.81. The highest BCUT2D eigenvalue weighted by Crippen LogP contribution is 2.32. The van der Waals surface area contributed by atoms with Crippen LogP contribution >= 0.6 is 11.8 Å². The average Bonchev–Trinajstić information content (AvgIpc) is 2.42. The first-order valence-corrected chi connectivity index (χ1v) is 6.84. The second-order valence-electron chi connectivity index (χ2n) is 4.01. The lowest BCUT2D eigenvalue weighted by molar-refractivity contribution is -0.384. The monoisotopic (exact) mass is 317 g/mol. The van der Waals surface area contributed by atoms with Gasteiger partial charge in [0.15, 0.2) is 0 Å². The van der Waals surface area contributed by atoms with Gasteiger partial charge in [-0.25, -0.2) is 4.98 Å². The fourth-order valence-corrected chi connectivity index (χ4v) is 2.23. The van der Waals surface area contributed by atoms with Crippen molar-refractivity contribution in [2.45, 2.75) is 5.51 Å². The summed E-state index contributed by atoms with van der Waals surface area (Å²) >= 11 is -0.176. The summed E-state index contributed by atoms with van der Waals surface area (Å²) in [5.41, 5.74) is -3.85. The molecule has 0 aliphatic rings. The molecule has 1 aromatic carbocycles. The topological polar surface area (TPSA) is 68.1 Å². The van der Waals surface area contributed by atoms with E-state index in [4.69, 9.17) is 0 Å². The van der Waals surface area contributed by atoms with Crippen LogP contribution in [0.5, 0.6) is 0 Å². The van der Waals surface area contributed by atoms with Gasteiger partial charge in [0.2, 0.25) is 0 Å². The molecule has 21 heavy (non-hydrogen) atoms. The maximum Gasteiger partial charge on any atom is 0.441 e. The summed E-state index contributed by atoms with van der Waals surface area (Å²) in [6.07, 6.45) is 1.10. The van der Waals surface area contributed by atoms with Gasteiger partial charge in [-0.3, -0.25) is 10.1 Å². The fraction of sp³-hybridized carbons (Fsp3) is 0.250. The Labute approximate surface area is 121 Å². The number of para-hydroxylation sites is 1. The van der Waals surface area contributed by atoms with Crippen LogP contribution in [0.2, 0.25) is 0 Å². The number of pyridine rings is 1. The van der Waals surface area contributed by atoms with Crippen LogP contribution in [0.4, 0.5) is 24.5 Å². The lowest BCUT2D eigenvalue weighted by atomic mass is 10.1. The molecule has 1 heterocycles. The molecule has 0 aliphatic heterocycles. The highest BCUT2D eigenvalue weighted by molar-refractivity contribution is 8.00. The first-order chi connectivity index (χ1) is 9.88. The third-order valence-electron chi connectivity index (χ3n) is 2.62. The maximum atomic E-state index is 12.1. The molecule has 0 saturated carbocycles. The van der Waals surface area contributed by atoms with Crippen molar-refractivity contribution in [1.29, 1.82) is 0 Å². The molecule has 5 nitrogen and oxygen atoms in total. The van der Waals surface area contributed by atoms with E-state index in [1.54, 1.807) is 24.3 Å². The normalized spacial score (nSPS) is 11.6. The predicted molar refractivity (Wildman–Crippen MR) is 75.4 cm³/mol. The van der Waals surface area contributed by atoms with Crippen LogP contribution in [0.3, 0.4) is 0 Å². The maximum absolute atomic E-state index is 12.1. The number of nitro groups is 1. The number of aromatic nitrogens is 1. The Bertz CT molecular complexity index is 664. The van der Waals surface area contributed by atoms with Crippen LogP contribution in [-0.2, 0) is 0 Å². The fourth-order valence-electron chi connectivity index (χ4n) is 1.80. The van der Waals surface area contributed by atoms with Crippen molar-refractivity contribution in [3.63, 3.8) is 0 Å². The number of hydrogen-bond donors (Lipinski definition) is 1. The summed E-state index contributed by atoms with van der Waals surface area (Å²) < 4.78 is 36.2. The highest BCUT2D eigenvalue weighted by Gasteiger charge is 2.27. The molecule has 0 radical (unpaired) electrons. The van der Waals surface area contributed by atoms with Gasteiger partial charge in [0, 0.05) is 17.7 Å². The largest absolute Gasteiger partial charge is 0.441 e. The SMILES string of the molecule is O=[N+]([O-])c1cnc2ccccc2c1NCCSC(F)(F)F. The van der Waals surface area contributed by atoms with Crippen LogP contribution in [0, 0.1) is 10.1 Å². The summed E-state index contributed by atoms with van der Waals surface area (Å²) in [6, 6.07) is 6.72. The minimum atomic E-state index is -4.31. The Morgan fingerprint density at radius 1 is 1.33 bits per heavy atom. The number of rotatable bonds is 5. The summed E-state index contributed by atoms with van der Waals surface area (Å²) in [5.74, 6) is -0.239. The van der Waals surface area contributed by atoms with Crippen LogP contribution in [-0.4, -0.2) is 27.7 Å². The van der Waals surface area contributed by atoms with Gasteiger partial charge in [0.05, 0.1) is 10.4 Å². The number of thioether (sulfide) groups is 1. The molecule has 0 spiro atoms. The molecular weight excluding hydrogens is 307 g/mol. The quantitative estimate of drug-likeness (QED) is 0.516. The molecule has 0 amide bonds. The summed E-state index contributed by atoms with van der Waals surface area (Å²) in [4.78, 5) is 14.3. The van der Waals surface area contributed by atoms with Gasteiger partial charge in [-0.15, -0.1) is 0 Å². The number of nitrogens with one attached hydrogen (secondary N) is 1. The zero-order chi connectivity index (χ0) is 15.5. The van der Waals surface area contributed by atoms with E-state index in [0.717, 1.165) is 6.20 Å². The second kappa shape index (κ2) is 6.17. The van der Waals surface area contributed by atoms with E-state index in [1.165, 1.54) is 0 Å². The van der Waals surface area contributed by atoms with Crippen LogP contribution in [0.25, 0.3) is 10.9 Å². The average molecular weight is 317 g/mol. The van der Waals surface area contributed by atoms with Gasteiger partial charge < -0.3 is 5.32 Å². The van der Waals surface area contributed by atoms with Crippen molar-refractivity contribution in [3.8, 4) is 0 Å². The van der Waals surface area contributed by atoms with E-state index in [0.29, 0.717) is 10.9 Å². The molecule has 0 unspecified atom stereocenters. The molecular formula is C12H10F3N3O2S. The molecule has 2 rings (SSSR count). The van der Waals surface area contributed by atoms with Crippen LogP contribution in [0.1, 0.15) is 0 Å². The molecule has 0 bridgehead atoms. The van der Waals surface area contributed by atoms with Gasteiger partial charge in [0.1, 0.15) is 11.9 Å². The second-order valence-corrected chi connectivity index (χ2v) is 5.17. The van der Waals surface area contributed by atoms with Gasteiger partial charge in [-0.2, -0.15) is 13.2 Å². The Morgan fingerprint density at radius 2 is 2.05 bits per heavy atom. The summed E-state index contributed by atoms with van der Waals surface area (Å²) in [5, 5.41) is 14.2. The number of nitrogens with zero attached hydrogens (tertiary/aromatic N) is 2. The first-order valence-electron chi connectivity index (χ1n) is 5.85. The highest BCUT2D eigenvalue weighted by atomic mass is 32.2. The number of benzene rings is 1. The minimum Gasteiger partial charge on any atom is -0.378 e. The summed E-state index contributed by atoms with van der Waals surface area (Å²) in [7, 11) is 0. The Morgan fingerprint density at radius 3 is 2.71 bits per heavy atom. The molecule has 2 aromatic rings. The zero-order valence-corrected chi connectivity index (χ0v) is 11.4. The van der Waals surface area contributed by atoms with E-state index < -0.39 is 10.4 Å². The van der Waals surface area contributed by atoms with Crippen molar-refractivity contribution in [3.05, 3.63) is 40.6 Å². The van der Waals surface area contributed by atoms with Gasteiger partial charge in [-0.1, -0.05) is 18.2 Å². The molecule has 0 aliphatic carbocycles. The van der Waals surface area contributed by atoms with Crippen LogP contribution < -0.4 is 5.32 Å². The van der Waals surface area contributed by atoms with Crippen molar-refractivity contribution in [2.75, 3.05) is 17.6 Å². The molecule has 9 heteroatoms. The van der Waals surface area contributed by atoms with Gasteiger partial charge in [-0.05, 0) is 17.8 Å². The van der Waals surface area contributed by atoms with Crippen molar-refractivity contribution >= 4 is 34.0 Å². The Kier molecular flexibility index (Phi) is 4.51. The molecule has 0 fully saturated rings. The smallest absolute Gasteiger partial charge is 0.378 e. The standard InChI is InChI=1S/C12H10F3N3O2S/c13-12(14,15)21-6-5-16-11-8-3-1-2-4-9(8)17-7-10(11)18(19)20/h1-4,7H,5-6H2,(H,16,17). The Balaban J connectivity index is 2.23. The first kappa shape index (κ1) is 15.4. The molecule has 112 valence electrons. The van der Waals surface area contributed by atoms with E-state index in [-0.39, 0.29) is 35.4 Å². The van der Waals surface area contributed by atoms with Gasteiger partial charge >= 0.3 is 11.2 Å². The van der Waals surface area contributed by atoms with Gasteiger partial charge in [0.25, 0.3) is 0 Å². The molecule has 0 atom stereocenters. The van der Waals surface area contributed by atoms with Crippen LogP contribution in [0.15, 0.2) is 30.5 Å². The lowest BCUT2D eigenvalue weighted by Gasteiger charge is -2.10. The third-order valence-corrected chi connectivity index (χ3v) is 3.36. The van der Waals surface area contributed by atoms with E-state index in [1.807, 2.05) is 0 Å². The Hall–Kier alpha value is -2.03.